The quantitative estimate of drug-likeness (QED) is 0.909. The van der Waals surface area contributed by atoms with Gasteiger partial charge in [0.05, 0.1) is 19.1 Å². The average molecular weight is 362 g/mol. The van der Waals surface area contributed by atoms with Crippen molar-refractivity contribution >= 4 is 18.3 Å². The molecule has 1 aromatic carbocycles. The van der Waals surface area contributed by atoms with Gasteiger partial charge in [0.25, 0.3) is 0 Å². The minimum Gasteiger partial charge on any atom is -0.497 e. The smallest absolute Gasteiger partial charge is 0.230 e. The number of rotatable bonds is 4. The lowest BCUT2D eigenvalue weighted by Gasteiger charge is -2.38. The standard InChI is InChI=1S/C19H23N3O2.ClH/c1-14(15-5-3-7-17(11-15)24-2)19(23)22-10-9-21-13-18(22)16-6-4-8-20-12-16;/h3-8,11-12,14,18,21H,9-10,13H2,1-2H3;1H. The van der Waals surface area contributed by atoms with Gasteiger partial charge < -0.3 is 15.0 Å². The van der Waals surface area contributed by atoms with Gasteiger partial charge in [0.2, 0.25) is 5.91 Å². The summed E-state index contributed by atoms with van der Waals surface area (Å²) in [6.07, 6.45) is 3.60. The van der Waals surface area contributed by atoms with E-state index in [0.717, 1.165) is 30.0 Å². The maximum absolute atomic E-state index is 13.1. The second kappa shape index (κ2) is 8.83. The summed E-state index contributed by atoms with van der Waals surface area (Å²) < 4.78 is 5.28. The lowest BCUT2D eigenvalue weighted by molar-refractivity contribution is -0.135. The molecule has 1 saturated heterocycles. The Bertz CT molecular complexity index is 696. The maximum Gasteiger partial charge on any atom is 0.230 e. The normalized spacial score (nSPS) is 18.2. The molecule has 2 unspecified atom stereocenters. The number of carbonyl (C=O) groups excluding carboxylic acids is 1. The molecule has 0 bridgehead atoms. The van der Waals surface area contributed by atoms with Gasteiger partial charge in [-0.1, -0.05) is 18.2 Å². The SMILES string of the molecule is COc1cccc(C(C)C(=O)N2CCNCC2c2cccnc2)c1.Cl. The van der Waals surface area contributed by atoms with Gasteiger partial charge in [-0.3, -0.25) is 9.78 Å². The zero-order valence-electron chi connectivity index (χ0n) is 14.5. The Morgan fingerprint density at radius 2 is 2.20 bits per heavy atom. The fourth-order valence-corrected chi connectivity index (χ4v) is 3.14. The largest absolute Gasteiger partial charge is 0.497 e. The van der Waals surface area contributed by atoms with Crippen LogP contribution in [0.4, 0.5) is 0 Å². The Morgan fingerprint density at radius 1 is 1.36 bits per heavy atom. The summed E-state index contributed by atoms with van der Waals surface area (Å²) in [5.41, 5.74) is 2.04. The Kier molecular flexibility index (Phi) is 6.79. The highest BCUT2D eigenvalue weighted by molar-refractivity contribution is 5.85. The fraction of sp³-hybridized carbons (Fsp3) is 0.368. The van der Waals surface area contributed by atoms with Crippen LogP contribution in [0.1, 0.15) is 30.0 Å². The second-order valence-electron chi connectivity index (χ2n) is 6.04. The minimum atomic E-state index is -0.211. The summed E-state index contributed by atoms with van der Waals surface area (Å²) in [5, 5.41) is 3.37. The third kappa shape index (κ3) is 4.30. The van der Waals surface area contributed by atoms with Gasteiger partial charge in [-0.25, -0.2) is 0 Å². The van der Waals surface area contributed by atoms with E-state index >= 15 is 0 Å². The molecular formula is C19H24ClN3O2. The number of benzene rings is 1. The number of halogens is 1. The molecule has 3 rings (SSSR count). The molecule has 0 radical (unpaired) electrons. The molecule has 1 N–H and O–H groups in total. The zero-order valence-corrected chi connectivity index (χ0v) is 15.3. The topological polar surface area (TPSA) is 54.5 Å². The fourth-order valence-electron chi connectivity index (χ4n) is 3.14. The van der Waals surface area contributed by atoms with Crippen molar-refractivity contribution in [1.82, 2.24) is 15.2 Å². The van der Waals surface area contributed by atoms with Crippen LogP contribution in [0.25, 0.3) is 0 Å². The van der Waals surface area contributed by atoms with E-state index in [4.69, 9.17) is 4.74 Å². The highest BCUT2D eigenvalue weighted by Crippen LogP contribution is 2.28. The van der Waals surface area contributed by atoms with Crippen LogP contribution in [0.15, 0.2) is 48.8 Å². The highest BCUT2D eigenvalue weighted by Gasteiger charge is 2.31. The third-order valence-corrected chi connectivity index (χ3v) is 4.56. The Labute approximate surface area is 154 Å². The van der Waals surface area contributed by atoms with Crippen LogP contribution in [0.3, 0.4) is 0 Å². The van der Waals surface area contributed by atoms with Crippen molar-refractivity contribution in [2.24, 2.45) is 0 Å². The number of hydrogen-bond acceptors (Lipinski definition) is 4. The lowest BCUT2D eigenvalue weighted by Crippen LogP contribution is -2.49. The number of pyridine rings is 1. The van der Waals surface area contributed by atoms with Crippen molar-refractivity contribution in [1.29, 1.82) is 0 Å². The van der Waals surface area contributed by atoms with Crippen LogP contribution in [0.5, 0.6) is 5.75 Å². The van der Waals surface area contributed by atoms with Crippen molar-refractivity contribution in [2.75, 3.05) is 26.7 Å². The van der Waals surface area contributed by atoms with Crippen LogP contribution >= 0.6 is 12.4 Å². The van der Waals surface area contributed by atoms with E-state index in [1.165, 1.54) is 0 Å². The summed E-state index contributed by atoms with van der Waals surface area (Å²) in [7, 11) is 1.64. The number of nitrogens with zero attached hydrogens (tertiary/aromatic N) is 2. The summed E-state index contributed by atoms with van der Waals surface area (Å²) in [6, 6.07) is 11.7. The van der Waals surface area contributed by atoms with Crippen molar-refractivity contribution in [2.45, 2.75) is 18.9 Å². The predicted molar refractivity (Wildman–Crippen MR) is 100 cm³/mol. The van der Waals surface area contributed by atoms with Crippen molar-refractivity contribution in [3.8, 4) is 5.75 Å². The minimum absolute atomic E-state index is 0. The number of nitrogens with one attached hydrogen (secondary N) is 1. The zero-order chi connectivity index (χ0) is 16.9. The first-order valence-electron chi connectivity index (χ1n) is 8.26. The molecule has 2 heterocycles. The Morgan fingerprint density at radius 3 is 2.92 bits per heavy atom. The van der Waals surface area contributed by atoms with Gasteiger partial charge in [0.15, 0.2) is 0 Å². The van der Waals surface area contributed by atoms with E-state index in [-0.39, 0.29) is 30.3 Å². The van der Waals surface area contributed by atoms with E-state index < -0.39 is 0 Å². The molecule has 134 valence electrons. The van der Waals surface area contributed by atoms with Gasteiger partial charge in [-0.2, -0.15) is 0 Å². The van der Waals surface area contributed by atoms with Crippen LogP contribution in [-0.4, -0.2) is 42.5 Å². The van der Waals surface area contributed by atoms with Crippen LogP contribution in [-0.2, 0) is 4.79 Å². The van der Waals surface area contributed by atoms with Gasteiger partial charge in [0.1, 0.15) is 5.75 Å². The Balaban J connectivity index is 0.00000225. The van der Waals surface area contributed by atoms with Crippen LogP contribution < -0.4 is 10.1 Å². The van der Waals surface area contributed by atoms with E-state index in [1.807, 2.05) is 54.4 Å². The van der Waals surface area contributed by atoms with E-state index in [1.54, 1.807) is 13.3 Å². The summed E-state index contributed by atoms with van der Waals surface area (Å²) in [4.78, 5) is 19.3. The molecule has 5 nitrogen and oxygen atoms in total. The summed E-state index contributed by atoms with van der Waals surface area (Å²) >= 11 is 0. The molecule has 2 aromatic rings. The molecule has 6 heteroatoms. The number of piperazine rings is 1. The first-order valence-corrected chi connectivity index (χ1v) is 8.26. The van der Waals surface area contributed by atoms with Crippen LogP contribution in [0.2, 0.25) is 0 Å². The molecule has 1 aliphatic rings. The van der Waals surface area contributed by atoms with Gasteiger partial charge >= 0.3 is 0 Å². The molecule has 1 amide bonds. The molecule has 2 atom stereocenters. The van der Waals surface area contributed by atoms with Gasteiger partial charge in [-0.15, -0.1) is 12.4 Å². The molecule has 1 aliphatic heterocycles. The number of aromatic nitrogens is 1. The van der Waals surface area contributed by atoms with Gasteiger partial charge in [-0.05, 0) is 36.2 Å². The molecule has 0 saturated carbocycles. The predicted octanol–water partition coefficient (Wildman–Crippen LogP) is 2.79. The molecule has 1 aromatic heterocycles. The number of hydrogen-bond donors (Lipinski definition) is 1. The van der Waals surface area contributed by atoms with Crippen LogP contribution in [0, 0.1) is 0 Å². The second-order valence-corrected chi connectivity index (χ2v) is 6.04. The van der Waals surface area contributed by atoms with Crippen molar-refractivity contribution < 1.29 is 9.53 Å². The average Bonchev–Trinajstić information content (AvgIpc) is 2.67. The molecular weight excluding hydrogens is 338 g/mol. The monoisotopic (exact) mass is 361 g/mol. The number of ether oxygens (including phenoxy) is 1. The van der Waals surface area contributed by atoms with Gasteiger partial charge in [0, 0.05) is 32.0 Å². The maximum atomic E-state index is 13.1. The van der Waals surface area contributed by atoms with Crippen molar-refractivity contribution in [3.63, 3.8) is 0 Å². The molecule has 0 aliphatic carbocycles. The first kappa shape index (κ1) is 19.2. The highest BCUT2D eigenvalue weighted by atomic mass is 35.5. The third-order valence-electron chi connectivity index (χ3n) is 4.56. The summed E-state index contributed by atoms with van der Waals surface area (Å²) in [5.74, 6) is 0.701. The number of methoxy groups -OCH3 is 1. The lowest BCUT2D eigenvalue weighted by atomic mass is 9.96. The number of amides is 1. The summed E-state index contributed by atoms with van der Waals surface area (Å²) in [6.45, 7) is 4.22. The Hall–Kier alpha value is -2.11. The molecule has 25 heavy (non-hydrogen) atoms. The van der Waals surface area contributed by atoms with Crippen molar-refractivity contribution in [3.05, 3.63) is 59.9 Å². The first-order chi connectivity index (χ1) is 11.7. The van der Waals surface area contributed by atoms with E-state index in [2.05, 4.69) is 10.3 Å². The molecule has 1 fully saturated rings. The number of carbonyl (C=O) groups is 1. The van der Waals surface area contributed by atoms with E-state index in [0.29, 0.717) is 6.54 Å². The molecule has 0 spiro atoms. The van der Waals surface area contributed by atoms with E-state index in [9.17, 15) is 4.79 Å².